The van der Waals surface area contributed by atoms with Gasteiger partial charge in [0.25, 0.3) is 5.91 Å². The van der Waals surface area contributed by atoms with E-state index in [9.17, 15) is 14.9 Å². The lowest BCUT2D eigenvalue weighted by Crippen LogP contribution is -2.34. The number of rotatable bonds is 9. The molecule has 40 heavy (non-hydrogen) atoms. The van der Waals surface area contributed by atoms with Crippen molar-refractivity contribution in [3.8, 4) is 16.8 Å². The highest BCUT2D eigenvalue weighted by Crippen LogP contribution is 2.29. The molecular weight excluding hydrogens is 510 g/mol. The fourth-order valence-corrected chi connectivity index (χ4v) is 5.03. The first-order valence-electron chi connectivity index (χ1n) is 12.9. The Morgan fingerprint density at radius 2 is 1.95 bits per heavy atom. The van der Waals surface area contributed by atoms with Gasteiger partial charge in [0.1, 0.15) is 0 Å². The Balaban J connectivity index is 0.00000370. The van der Waals surface area contributed by atoms with Crippen molar-refractivity contribution in [2.45, 2.75) is 31.8 Å². The van der Waals surface area contributed by atoms with Gasteiger partial charge in [-0.15, -0.1) is 0 Å². The van der Waals surface area contributed by atoms with E-state index in [1.807, 2.05) is 56.9 Å². The minimum absolute atomic E-state index is 0. The molecule has 0 aliphatic carbocycles. The molecular formula is C28H35N9O3. The van der Waals surface area contributed by atoms with E-state index in [2.05, 4.69) is 29.0 Å². The molecule has 1 aliphatic rings. The van der Waals surface area contributed by atoms with Gasteiger partial charge in [0.15, 0.2) is 0 Å². The van der Waals surface area contributed by atoms with Crippen molar-refractivity contribution in [2.24, 2.45) is 0 Å². The summed E-state index contributed by atoms with van der Waals surface area (Å²) in [7, 11) is 4.10. The minimum Gasteiger partial charge on any atom is -0.378 e. The van der Waals surface area contributed by atoms with Gasteiger partial charge >= 0.3 is 5.69 Å². The molecule has 0 unspecified atom stereocenters. The molecule has 4 heterocycles. The maximum atomic E-state index is 13.7. The first-order chi connectivity index (χ1) is 18.8. The summed E-state index contributed by atoms with van der Waals surface area (Å²) in [5.41, 5.74) is 9.79. The lowest BCUT2D eigenvalue weighted by Gasteiger charge is -2.20. The smallest absolute Gasteiger partial charge is 0.311 e. The number of carbonyl (C=O) groups excluding carboxylic acids is 1. The number of nitrogens with two attached hydrogens (primary N) is 1. The van der Waals surface area contributed by atoms with Crippen molar-refractivity contribution < 1.29 is 9.72 Å². The maximum absolute atomic E-state index is 13.7. The number of likely N-dealkylation sites (tertiary alicyclic amines) is 1. The second kappa shape index (κ2) is 12.1. The van der Waals surface area contributed by atoms with Crippen molar-refractivity contribution in [3.05, 3.63) is 88.9 Å². The normalized spacial score (nSPS) is 14.9. The highest BCUT2D eigenvalue weighted by atomic mass is 16.6. The summed E-state index contributed by atoms with van der Waals surface area (Å²) in [6, 6.07) is 11.5. The average molecular weight is 546 g/mol. The van der Waals surface area contributed by atoms with Crippen LogP contribution >= 0.6 is 0 Å². The van der Waals surface area contributed by atoms with Gasteiger partial charge < -0.3 is 30.8 Å². The van der Waals surface area contributed by atoms with Crippen LogP contribution in [-0.2, 0) is 13.0 Å². The summed E-state index contributed by atoms with van der Waals surface area (Å²) in [5, 5.41) is 11.0. The van der Waals surface area contributed by atoms with Crippen LogP contribution in [0.25, 0.3) is 16.8 Å². The number of amides is 1. The number of nitrogen functional groups attached to an aromatic ring is 1. The summed E-state index contributed by atoms with van der Waals surface area (Å²) in [5.74, 6) is -0.0361. The molecule has 1 amide bonds. The highest BCUT2D eigenvalue weighted by Gasteiger charge is 2.30. The van der Waals surface area contributed by atoms with Gasteiger partial charge in [0, 0.05) is 73.5 Å². The third-order valence-corrected chi connectivity index (χ3v) is 7.28. The van der Waals surface area contributed by atoms with Crippen LogP contribution in [-0.4, -0.2) is 73.0 Å². The molecule has 3 aromatic heterocycles. The Morgan fingerprint density at radius 3 is 2.58 bits per heavy atom. The zero-order valence-electron chi connectivity index (χ0n) is 22.8. The largest absolute Gasteiger partial charge is 0.378 e. The van der Waals surface area contributed by atoms with Crippen LogP contribution in [0.1, 0.15) is 28.9 Å². The first kappa shape index (κ1) is 28.5. The number of aromatic nitrogens is 4. The third-order valence-electron chi connectivity index (χ3n) is 7.28. The van der Waals surface area contributed by atoms with Crippen molar-refractivity contribution >= 4 is 17.4 Å². The van der Waals surface area contributed by atoms with Gasteiger partial charge in [-0.25, -0.2) is 9.97 Å². The number of nitrogens with zero attached hydrogens (tertiary/aromatic N) is 7. The fourth-order valence-electron chi connectivity index (χ4n) is 5.03. The summed E-state index contributed by atoms with van der Waals surface area (Å²) >= 11 is 0. The minimum atomic E-state index is -0.533. The predicted molar refractivity (Wildman–Crippen MR) is 154 cm³/mol. The number of anilines is 1. The number of imidazole rings is 1. The lowest BCUT2D eigenvalue weighted by atomic mass is 10.0. The van der Waals surface area contributed by atoms with Crippen LogP contribution in [0.3, 0.4) is 0 Å². The molecule has 5 rings (SSSR count). The van der Waals surface area contributed by atoms with Crippen molar-refractivity contribution in [1.29, 1.82) is 0 Å². The molecule has 1 saturated heterocycles. The number of hydrogen-bond donors (Lipinski definition) is 2. The molecule has 0 spiro atoms. The van der Waals surface area contributed by atoms with Gasteiger partial charge in [-0.3, -0.25) is 14.9 Å². The Kier molecular flexibility index (Phi) is 8.61. The highest BCUT2D eigenvalue weighted by molar-refractivity contribution is 6.01. The quantitative estimate of drug-likeness (QED) is 0.237. The number of likely N-dealkylation sites (N-methyl/N-ethyl adjacent to an activating group) is 1. The standard InChI is InChI=1S/C28H32N8O3.H3N/c1-32(2)23-11-14-34(16-23)28(37)25-18-33(13-3-4-21-7-10-26(36(38)39)27(29)31-21)17-24(25)20-5-8-22(9-6-20)35-15-12-30-19-35;/h5-10,12,15,17-19,23H,3-4,11,13-14,16H2,1-2H3,(H2,29,31);1H3/t23-;/m0./s1. The van der Waals surface area contributed by atoms with Crippen molar-refractivity contribution in [2.75, 3.05) is 32.9 Å². The van der Waals surface area contributed by atoms with E-state index in [1.54, 1.807) is 18.6 Å². The molecule has 0 radical (unpaired) electrons. The zero-order valence-corrected chi connectivity index (χ0v) is 22.8. The number of aryl methyl sites for hydroxylation is 2. The second-order valence-electron chi connectivity index (χ2n) is 10.1. The number of nitro groups is 1. The summed E-state index contributed by atoms with van der Waals surface area (Å²) in [4.78, 5) is 36.6. The Bertz CT molecular complexity index is 1460. The van der Waals surface area contributed by atoms with Crippen LogP contribution < -0.4 is 11.9 Å². The van der Waals surface area contributed by atoms with Gasteiger partial charge in [-0.1, -0.05) is 12.1 Å². The van der Waals surface area contributed by atoms with Crippen molar-refractivity contribution in [1.82, 2.24) is 35.1 Å². The second-order valence-corrected chi connectivity index (χ2v) is 10.1. The molecule has 210 valence electrons. The molecule has 1 aliphatic heterocycles. The third kappa shape index (κ3) is 6.03. The number of hydrogen-bond acceptors (Lipinski definition) is 8. The predicted octanol–water partition coefficient (Wildman–Crippen LogP) is 3.80. The number of pyridine rings is 1. The summed E-state index contributed by atoms with van der Waals surface area (Å²) in [6.07, 6.45) is 11.6. The molecule has 12 nitrogen and oxygen atoms in total. The van der Waals surface area contributed by atoms with Crippen LogP contribution in [0.2, 0.25) is 0 Å². The Hall–Kier alpha value is -4.55. The van der Waals surface area contributed by atoms with Crippen LogP contribution in [0, 0.1) is 10.1 Å². The van der Waals surface area contributed by atoms with E-state index in [4.69, 9.17) is 5.73 Å². The molecule has 1 atom stereocenters. The molecule has 4 aromatic rings. The van der Waals surface area contributed by atoms with Gasteiger partial charge in [-0.2, -0.15) is 0 Å². The topological polar surface area (TPSA) is 163 Å². The molecule has 0 bridgehead atoms. The fraction of sp³-hybridized carbons (Fsp3) is 0.321. The maximum Gasteiger partial charge on any atom is 0.311 e. The molecule has 0 saturated carbocycles. The molecule has 1 aromatic carbocycles. The molecule has 5 N–H and O–H groups in total. The summed E-state index contributed by atoms with van der Waals surface area (Å²) in [6.45, 7) is 2.11. The van der Waals surface area contributed by atoms with Crippen molar-refractivity contribution in [3.63, 3.8) is 0 Å². The Labute approximate surface area is 232 Å². The van der Waals surface area contributed by atoms with E-state index in [-0.39, 0.29) is 23.6 Å². The van der Waals surface area contributed by atoms with E-state index < -0.39 is 4.92 Å². The van der Waals surface area contributed by atoms with E-state index in [0.717, 1.165) is 36.2 Å². The monoisotopic (exact) mass is 545 g/mol. The average Bonchev–Trinajstić information content (AvgIpc) is 3.70. The van der Waals surface area contributed by atoms with E-state index in [1.165, 1.54) is 6.07 Å². The van der Waals surface area contributed by atoms with Gasteiger partial charge in [0.05, 0.1) is 16.8 Å². The SMILES string of the molecule is CN(C)[C@H]1CCN(C(=O)c2cn(CCCc3ccc([N+](=O)[O-])c(N)n3)cc2-c2ccc(-n3ccnc3)cc2)C1.N. The van der Waals surface area contributed by atoms with E-state index in [0.29, 0.717) is 36.8 Å². The molecule has 12 heteroatoms. The Morgan fingerprint density at radius 1 is 1.18 bits per heavy atom. The van der Waals surface area contributed by atoms with Gasteiger partial charge in [0.2, 0.25) is 5.82 Å². The summed E-state index contributed by atoms with van der Waals surface area (Å²) < 4.78 is 3.98. The van der Waals surface area contributed by atoms with Crippen LogP contribution in [0.5, 0.6) is 0 Å². The number of carbonyl (C=O) groups is 1. The number of benzene rings is 1. The van der Waals surface area contributed by atoms with E-state index >= 15 is 0 Å². The molecule has 1 fully saturated rings. The van der Waals surface area contributed by atoms with Crippen LogP contribution in [0.4, 0.5) is 11.5 Å². The van der Waals surface area contributed by atoms with Crippen LogP contribution in [0.15, 0.2) is 67.5 Å². The first-order valence-corrected chi connectivity index (χ1v) is 12.9. The van der Waals surface area contributed by atoms with Gasteiger partial charge in [-0.05, 0) is 57.1 Å². The zero-order chi connectivity index (χ0) is 27.5. The lowest BCUT2D eigenvalue weighted by molar-refractivity contribution is -0.384.